The number of phosphoric acid groups is 1. The zero-order chi connectivity index (χ0) is 43.3. The van der Waals surface area contributed by atoms with Crippen molar-refractivity contribution in [3.05, 3.63) is 122 Å². The minimum Gasteiger partial charge on any atom is -0.462 e. The Balaban J connectivity index is 4.54. The second-order valence-electron chi connectivity index (χ2n) is 14.1. The molecule has 0 aliphatic carbocycles. The van der Waals surface area contributed by atoms with Crippen LogP contribution >= 0.6 is 7.82 Å². The molecule has 0 aliphatic heterocycles. The normalized spacial score (nSPS) is 14.5. The number of carbonyl (C=O) groups excluding carboxylic acids is 2. The van der Waals surface area contributed by atoms with E-state index < -0.39 is 32.5 Å². The SMILES string of the molecule is CC/C=C\C/C=C\C/C=C\C/C=C\C/C=C\C/C=C\CCC(=O)OCC(COP(=O)(O)OCCN(C)C)OC(=O)CCC/C=C\C/C=C\C/C=C\C/C=C\CCCCC. The van der Waals surface area contributed by atoms with E-state index in [-0.39, 0.29) is 26.1 Å². The lowest BCUT2D eigenvalue weighted by Gasteiger charge is -2.20. The molecule has 0 saturated carbocycles. The highest BCUT2D eigenvalue weighted by Crippen LogP contribution is 2.43. The van der Waals surface area contributed by atoms with Gasteiger partial charge in [-0.2, -0.15) is 0 Å². The summed E-state index contributed by atoms with van der Waals surface area (Å²) in [5.41, 5.74) is 0. The second kappa shape index (κ2) is 42.5. The summed E-state index contributed by atoms with van der Waals surface area (Å²) in [6.07, 6.45) is 57.0. The van der Waals surface area contributed by atoms with Gasteiger partial charge in [0.1, 0.15) is 6.61 Å². The average molecular weight is 840 g/mol. The van der Waals surface area contributed by atoms with Gasteiger partial charge in [0.05, 0.1) is 13.2 Å². The molecular formula is C49H78NO8P. The molecule has 1 N–H and O–H groups in total. The summed E-state index contributed by atoms with van der Waals surface area (Å²) >= 11 is 0. The van der Waals surface area contributed by atoms with E-state index in [9.17, 15) is 19.0 Å². The number of likely N-dealkylation sites (N-methyl/N-ethyl adjacent to an activating group) is 1. The van der Waals surface area contributed by atoms with Gasteiger partial charge >= 0.3 is 19.8 Å². The van der Waals surface area contributed by atoms with Gasteiger partial charge in [-0.3, -0.25) is 18.6 Å². The van der Waals surface area contributed by atoms with Crippen LogP contribution in [0.2, 0.25) is 0 Å². The summed E-state index contributed by atoms with van der Waals surface area (Å²) in [6, 6.07) is 0. The predicted molar refractivity (Wildman–Crippen MR) is 247 cm³/mol. The molecule has 10 heteroatoms. The maximum atomic E-state index is 12.6. The molecule has 0 rings (SSSR count). The summed E-state index contributed by atoms with van der Waals surface area (Å²) in [5.74, 6) is -0.981. The van der Waals surface area contributed by atoms with E-state index >= 15 is 0 Å². The van der Waals surface area contributed by atoms with Crippen molar-refractivity contribution in [1.29, 1.82) is 0 Å². The van der Waals surface area contributed by atoms with Crippen molar-refractivity contribution in [1.82, 2.24) is 4.90 Å². The van der Waals surface area contributed by atoms with Gasteiger partial charge in [-0.15, -0.1) is 0 Å². The maximum absolute atomic E-state index is 12.6. The van der Waals surface area contributed by atoms with Crippen molar-refractivity contribution in [2.24, 2.45) is 0 Å². The lowest BCUT2D eigenvalue weighted by molar-refractivity contribution is -0.161. The van der Waals surface area contributed by atoms with Crippen LogP contribution in [0.1, 0.15) is 129 Å². The van der Waals surface area contributed by atoms with Gasteiger partial charge in [0.15, 0.2) is 6.10 Å². The van der Waals surface area contributed by atoms with Crippen molar-refractivity contribution in [3.63, 3.8) is 0 Å². The Morgan fingerprint density at radius 1 is 0.542 bits per heavy atom. The third-order valence-electron chi connectivity index (χ3n) is 8.27. The van der Waals surface area contributed by atoms with Crippen molar-refractivity contribution < 1.29 is 37.6 Å². The Morgan fingerprint density at radius 2 is 0.983 bits per heavy atom. The van der Waals surface area contributed by atoms with E-state index in [1.165, 1.54) is 19.3 Å². The standard InChI is InChI=1S/C49H78NO8P/c1-5-7-9-11-13-15-17-19-21-23-24-26-27-29-31-33-35-37-39-41-48(51)55-45-47(46-57-59(53,54)56-44-43-50(3)4)58-49(52)42-40-38-36-34-32-30-28-25-22-20-18-16-14-12-10-8-6-2/h7,9,13-16,19-22,24,26,28-31,34-37,47H,5-6,8,10-12,17-18,23,25,27,32-33,38-46H2,1-4H3,(H,53,54)/b9-7-,15-13-,16-14-,21-19-,22-20-,26-24-,30-28-,31-29-,36-34-,37-35-. The molecular weight excluding hydrogens is 762 g/mol. The van der Waals surface area contributed by atoms with Crippen LogP contribution < -0.4 is 0 Å². The van der Waals surface area contributed by atoms with E-state index in [4.69, 9.17) is 18.5 Å². The summed E-state index contributed by atoms with van der Waals surface area (Å²) in [5, 5.41) is 0. The molecule has 59 heavy (non-hydrogen) atoms. The highest BCUT2D eigenvalue weighted by molar-refractivity contribution is 7.47. The van der Waals surface area contributed by atoms with Crippen molar-refractivity contribution in [3.8, 4) is 0 Å². The first-order valence-electron chi connectivity index (χ1n) is 21.8. The quantitative estimate of drug-likeness (QED) is 0.0281. The molecule has 0 aromatic carbocycles. The summed E-state index contributed by atoms with van der Waals surface area (Å²) in [4.78, 5) is 37.0. The molecule has 2 unspecified atom stereocenters. The predicted octanol–water partition coefficient (Wildman–Crippen LogP) is 12.8. The molecule has 0 bridgehead atoms. The van der Waals surface area contributed by atoms with Crippen LogP contribution in [-0.2, 0) is 32.7 Å². The van der Waals surface area contributed by atoms with Gasteiger partial charge < -0.3 is 19.3 Å². The monoisotopic (exact) mass is 840 g/mol. The number of carbonyl (C=O) groups is 2. The van der Waals surface area contributed by atoms with Crippen LogP contribution in [0.25, 0.3) is 0 Å². The van der Waals surface area contributed by atoms with Gasteiger partial charge in [-0.1, -0.05) is 148 Å². The number of ether oxygens (including phenoxy) is 2. The highest BCUT2D eigenvalue weighted by atomic mass is 31.2. The molecule has 0 spiro atoms. The fraction of sp³-hybridized carbons (Fsp3) is 0.551. The number of rotatable bonds is 38. The lowest BCUT2D eigenvalue weighted by atomic mass is 10.2. The Bertz CT molecular complexity index is 1390. The van der Waals surface area contributed by atoms with Crippen LogP contribution in [-0.4, -0.2) is 68.3 Å². The number of phosphoric ester groups is 1. The smallest absolute Gasteiger partial charge is 0.462 e. The number of allylic oxidation sites excluding steroid dienone is 20. The van der Waals surface area contributed by atoms with E-state index in [2.05, 4.69) is 117 Å². The average Bonchev–Trinajstić information content (AvgIpc) is 3.20. The third kappa shape index (κ3) is 43.8. The van der Waals surface area contributed by atoms with Gasteiger partial charge in [-0.25, -0.2) is 4.57 Å². The molecule has 0 aliphatic rings. The van der Waals surface area contributed by atoms with Gasteiger partial charge in [0.2, 0.25) is 0 Å². The summed E-state index contributed by atoms with van der Waals surface area (Å²) in [6.45, 7) is 3.99. The molecule has 0 aromatic rings. The third-order valence-corrected chi connectivity index (χ3v) is 9.25. The Labute approximate surface area is 358 Å². The molecule has 0 aromatic heterocycles. The van der Waals surface area contributed by atoms with Crippen LogP contribution in [0.15, 0.2) is 122 Å². The van der Waals surface area contributed by atoms with Gasteiger partial charge in [0, 0.05) is 19.4 Å². The first kappa shape index (κ1) is 55.4. The fourth-order valence-corrected chi connectivity index (χ4v) is 5.68. The molecule has 0 radical (unpaired) electrons. The molecule has 0 fully saturated rings. The fourth-order valence-electron chi connectivity index (χ4n) is 4.94. The molecule has 2 atom stereocenters. The summed E-state index contributed by atoms with van der Waals surface area (Å²) in [7, 11) is -0.789. The molecule has 0 saturated heterocycles. The first-order chi connectivity index (χ1) is 28.7. The first-order valence-corrected chi connectivity index (χ1v) is 23.3. The Kier molecular flexibility index (Phi) is 39.9. The molecule has 332 valence electrons. The van der Waals surface area contributed by atoms with E-state index in [1.807, 2.05) is 18.2 Å². The minimum atomic E-state index is -4.40. The number of nitrogens with zero attached hydrogens (tertiary/aromatic N) is 1. The zero-order valence-corrected chi connectivity index (χ0v) is 37.8. The van der Waals surface area contributed by atoms with E-state index in [0.29, 0.717) is 25.8 Å². The molecule has 0 amide bonds. The van der Waals surface area contributed by atoms with Crippen molar-refractivity contribution >= 4 is 19.8 Å². The van der Waals surface area contributed by atoms with E-state index in [1.54, 1.807) is 19.0 Å². The topological polar surface area (TPSA) is 112 Å². The van der Waals surface area contributed by atoms with Crippen molar-refractivity contribution in [2.45, 2.75) is 136 Å². The largest absolute Gasteiger partial charge is 0.472 e. The maximum Gasteiger partial charge on any atom is 0.472 e. The Morgan fingerprint density at radius 3 is 1.44 bits per heavy atom. The lowest BCUT2D eigenvalue weighted by Crippen LogP contribution is -2.29. The van der Waals surface area contributed by atoms with Gasteiger partial charge in [-0.05, 0) is 104 Å². The Hall–Kier alpha value is -3.59. The number of hydrogen-bond acceptors (Lipinski definition) is 8. The van der Waals surface area contributed by atoms with Crippen LogP contribution in [0.3, 0.4) is 0 Å². The highest BCUT2D eigenvalue weighted by Gasteiger charge is 2.26. The molecule has 9 nitrogen and oxygen atoms in total. The second-order valence-corrected chi connectivity index (χ2v) is 15.6. The van der Waals surface area contributed by atoms with Crippen LogP contribution in [0, 0.1) is 0 Å². The zero-order valence-electron chi connectivity index (χ0n) is 36.9. The summed E-state index contributed by atoms with van der Waals surface area (Å²) < 4.78 is 33.3. The minimum absolute atomic E-state index is 0.0215. The number of hydrogen-bond donors (Lipinski definition) is 1. The van der Waals surface area contributed by atoms with E-state index in [0.717, 1.165) is 64.2 Å². The molecule has 0 heterocycles. The van der Waals surface area contributed by atoms with Gasteiger partial charge in [0.25, 0.3) is 0 Å². The number of unbranched alkanes of at least 4 members (excludes halogenated alkanes) is 4. The van der Waals surface area contributed by atoms with Crippen LogP contribution in [0.5, 0.6) is 0 Å². The van der Waals surface area contributed by atoms with Crippen LogP contribution in [0.4, 0.5) is 0 Å². The number of esters is 2. The van der Waals surface area contributed by atoms with Crippen molar-refractivity contribution in [2.75, 3.05) is 40.5 Å².